The van der Waals surface area contributed by atoms with Crippen molar-refractivity contribution in [2.24, 2.45) is 0 Å². The molecular formula is C24H30N2O5. The average Bonchev–Trinajstić information content (AvgIpc) is 3.04. The van der Waals surface area contributed by atoms with Gasteiger partial charge in [-0.15, -0.1) is 0 Å². The monoisotopic (exact) mass is 426 g/mol. The van der Waals surface area contributed by atoms with Crippen molar-refractivity contribution in [3.8, 4) is 23.0 Å². The van der Waals surface area contributed by atoms with Gasteiger partial charge in [0.15, 0.2) is 17.3 Å². The van der Waals surface area contributed by atoms with Gasteiger partial charge in [0.1, 0.15) is 11.5 Å². The van der Waals surface area contributed by atoms with Crippen LogP contribution in [0.4, 0.5) is 0 Å². The van der Waals surface area contributed by atoms with Crippen molar-refractivity contribution in [2.45, 2.75) is 20.0 Å². The van der Waals surface area contributed by atoms with Crippen LogP contribution in [-0.4, -0.2) is 63.1 Å². The summed E-state index contributed by atoms with van der Waals surface area (Å²) in [5.74, 6) is 1.81. The van der Waals surface area contributed by atoms with Gasteiger partial charge >= 0.3 is 0 Å². The Morgan fingerprint density at radius 3 is 2.19 bits per heavy atom. The number of ether oxygens (including phenoxy) is 3. The zero-order chi connectivity index (χ0) is 22.9. The van der Waals surface area contributed by atoms with Crippen molar-refractivity contribution in [3.05, 3.63) is 51.8 Å². The third-order valence-electron chi connectivity index (χ3n) is 5.22. The fourth-order valence-electron chi connectivity index (χ4n) is 3.77. The molecule has 2 aromatic rings. The van der Waals surface area contributed by atoms with E-state index >= 15 is 0 Å². The van der Waals surface area contributed by atoms with Crippen molar-refractivity contribution < 1.29 is 24.1 Å². The van der Waals surface area contributed by atoms with E-state index in [1.54, 1.807) is 32.4 Å². The second-order valence-electron chi connectivity index (χ2n) is 8.16. The van der Waals surface area contributed by atoms with Crippen molar-refractivity contribution in [3.63, 3.8) is 0 Å². The maximum Gasteiger partial charge on any atom is 0.232 e. The third-order valence-corrected chi connectivity index (χ3v) is 5.22. The number of fused-ring (bicyclic) bond motifs is 1. The molecule has 1 aliphatic heterocycles. The first-order chi connectivity index (χ1) is 14.7. The molecule has 0 fully saturated rings. The molecule has 2 aromatic carbocycles. The minimum atomic E-state index is -0.192. The summed E-state index contributed by atoms with van der Waals surface area (Å²) in [4.78, 5) is 17.2. The zero-order valence-corrected chi connectivity index (χ0v) is 19.2. The number of Topliss-reactive ketones (excluding diaryl/α,β-unsaturated/α-hetero) is 1. The van der Waals surface area contributed by atoms with Gasteiger partial charge in [0.2, 0.25) is 5.78 Å². The molecule has 0 saturated carbocycles. The largest absolute Gasteiger partial charge is 0.507 e. The summed E-state index contributed by atoms with van der Waals surface area (Å²) in [6.07, 6.45) is 1.69. The van der Waals surface area contributed by atoms with Gasteiger partial charge in [-0.1, -0.05) is 6.07 Å². The van der Waals surface area contributed by atoms with Gasteiger partial charge in [-0.3, -0.25) is 4.79 Å². The summed E-state index contributed by atoms with van der Waals surface area (Å²) < 4.78 is 16.7. The van der Waals surface area contributed by atoms with Crippen LogP contribution in [0.15, 0.2) is 24.0 Å². The highest BCUT2D eigenvalue weighted by Crippen LogP contribution is 2.45. The Morgan fingerprint density at radius 1 is 1.00 bits per heavy atom. The number of aromatic hydroxyl groups is 1. The molecule has 0 atom stereocenters. The van der Waals surface area contributed by atoms with Gasteiger partial charge in [-0.05, 0) is 64.5 Å². The molecule has 166 valence electrons. The number of rotatable bonds is 7. The zero-order valence-electron chi connectivity index (χ0n) is 19.2. The number of phenolic OH excluding ortho intramolecular Hbond substituents is 1. The summed E-state index contributed by atoms with van der Waals surface area (Å²) in [6.45, 7) is 2.83. The lowest BCUT2D eigenvalue weighted by Gasteiger charge is -2.21. The Kier molecular flexibility index (Phi) is 6.57. The number of allylic oxidation sites excluding steroid dienone is 1. The number of phenols is 1. The maximum atomic E-state index is 13.3. The summed E-state index contributed by atoms with van der Waals surface area (Å²) >= 11 is 0. The maximum absolute atomic E-state index is 13.3. The highest BCUT2D eigenvalue weighted by atomic mass is 16.5. The first-order valence-corrected chi connectivity index (χ1v) is 10.0. The Balaban J connectivity index is 2.12. The number of benzene rings is 2. The van der Waals surface area contributed by atoms with E-state index in [1.165, 1.54) is 0 Å². The van der Waals surface area contributed by atoms with Crippen LogP contribution in [0.1, 0.15) is 32.6 Å². The number of hydrogen-bond donors (Lipinski definition) is 1. The number of carbonyl (C=O) groups excluding carboxylic acids is 1. The number of carbonyl (C=O) groups is 1. The second-order valence-corrected chi connectivity index (χ2v) is 8.16. The molecule has 3 rings (SSSR count). The Morgan fingerprint density at radius 2 is 1.61 bits per heavy atom. The molecule has 1 N–H and O–H groups in total. The first kappa shape index (κ1) is 22.7. The molecule has 31 heavy (non-hydrogen) atoms. The lowest BCUT2D eigenvalue weighted by molar-refractivity contribution is 0.101. The highest BCUT2D eigenvalue weighted by molar-refractivity contribution is 6.16. The van der Waals surface area contributed by atoms with E-state index in [1.807, 2.05) is 51.0 Å². The van der Waals surface area contributed by atoms with E-state index in [4.69, 9.17) is 14.2 Å². The number of hydrogen-bond acceptors (Lipinski definition) is 7. The van der Waals surface area contributed by atoms with Crippen LogP contribution in [0.2, 0.25) is 0 Å². The SMILES string of the molecule is COc1ccc(C=C2Oc3c(CN(C)C)c(O)c(CN(C)C)c(C)c3C2=O)cc1OC. The van der Waals surface area contributed by atoms with Crippen LogP contribution in [0.5, 0.6) is 23.0 Å². The molecule has 0 amide bonds. The van der Waals surface area contributed by atoms with Crippen molar-refractivity contribution >= 4 is 11.9 Å². The molecular weight excluding hydrogens is 396 g/mol. The van der Waals surface area contributed by atoms with Crippen LogP contribution in [0.3, 0.4) is 0 Å². The van der Waals surface area contributed by atoms with E-state index in [9.17, 15) is 9.90 Å². The Labute approximate surface area is 183 Å². The normalized spacial score (nSPS) is 14.4. The van der Waals surface area contributed by atoms with Crippen LogP contribution in [0, 0.1) is 6.92 Å². The second kappa shape index (κ2) is 8.99. The lowest BCUT2D eigenvalue weighted by Crippen LogP contribution is -2.16. The summed E-state index contributed by atoms with van der Waals surface area (Å²) in [7, 11) is 10.8. The van der Waals surface area contributed by atoms with E-state index in [2.05, 4.69) is 0 Å². The molecule has 1 heterocycles. The predicted molar refractivity (Wildman–Crippen MR) is 120 cm³/mol. The van der Waals surface area contributed by atoms with Crippen molar-refractivity contribution in [1.29, 1.82) is 0 Å². The van der Waals surface area contributed by atoms with Crippen LogP contribution < -0.4 is 14.2 Å². The van der Waals surface area contributed by atoms with Crippen LogP contribution in [0.25, 0.3) is 6.08 Å². The topological polar surface area (TPSA) is 71.5 Å². The molecule has 7 heteroatoms. The molecule has 1 aliphatic rings. The Bertz CT molecular complexity index is 1040. The van der Waals surface area contributed by atoms with E-state index in [0.717, 1.165) is 16.7 Å². The fourth-order valence-corrected chi connectivity index (χ4v) is 3.77. The molecule has 0 radical (unpaired) electrons. The van der Waals surface area contributed by atoms with Crippen LogP contribution >= 0.6 is 0 Å². The molecule has 0 bridgehead atoms. The summed E-state index contributed by atoms with van der Waals surface area (Å²) in [5, 5.41) is 11.0. The minimum absolute atomic E-state index is 0.179. The van der Waals surface area contributed by atoms with Crippen LogP contribution in [-0.2, 0) is 13.1 Å². The lowest BCUT2D eigenvalue weighted by atomic mass is 9.93. The van der Waals surface area contributed by atoms with Gasteiger partial charge in [-0.25, -0.2) is 0 Å². The minimum Gasteiger partial charge on any atom is -0.507 e. The molecule has 0 aromatic heterocycles. The van der Waals surface area contributed by atoms with Gasteiger partial charge < -0.3 is 29.1 Å². The van der Waals surface area contributed by atoms with Gasteiger partial charge in [0.05, 0.1) is 25.3 Å². The van der Waals surface area contributed by atoms with Crippen molar-refractivity contribution in [2.75, 3.05) is 42.4 Å². The molecule has 7 nitrogen and oxygen atoms in total. The van der Waals surface area contributed by atoms with E-state index < -0.39 is 0 Å². The number of methoxy groups -OCH3 is 2. The molecule has 0 spiro atoms. The summed E-state index contributed by atoms with van der Waals surface area (Å²) in [5.41, 5.74) is 3.36. The number of nitrogens with zero attached hydrogens (tertiary/aromatic N) is 2. The number of ketones is 1. The molecule has 0 unspecified atom stereocenters. The van der Waals surface area contributed by atoms with Gasteiger partial charge in [0, 0.05) is 18.7 Å². The van der Waals surface area contributed by atoms with Crippen molar-refractivity contribution in [1.82, 2.24) is 9.80 Å². The third kappa shape index (κ3) is 4.38. The van der Waals surface area contributed by atoms with Gasteiger partial charge in [-0.2, -0.15) is 0 Å². The smallest absolute Gasteiger partial charge is 0.232 e. The Hall–Kier alpha value is -3.03. The highest BCUT2D eigenvalue weighted by Gasteiger charge is 2.35. The fraction of sp³-hybridized carbons (Fsp3) is 0.375. The van der Waals surface area contributed by atoms with Gasteiger partial charge in [0.25, 0.3) is 0 Å². The quantitative estimate of drug-likeness (QED) is 0.680. The average molecular weight is 427 g/mol. The van der Waals surface area contributed by atoms with E-state index in [0.29, 0.717) is 41.5 Å². The first-order valence-electron chi connectivity index (χ1n) is 10.0. The predicted octanol–water partition coefficient (Wildman–Crippen LogP) is 3.46. The summed E-state index contributed by atoms with van der Waals surface area (Å²) in [6, 6.07) is 5.39. The van der Waals surface area contributed by atoms with E-state index in [-0.39, 0.29) is 17.3 Å². The molecule has 0 saturated heterocycles. The molecule has 0 aliphatic carbocycles. The standard InChI is InChI=1S/C24H30N2O5/c1-14-16(12-25(2)3)22(27)17(13-26(4)5)24-21(14)23(28)20(31-24)11-15-8-9-18(29-6)19(10-15)30-7/h8-11,27H,12-13H2,1-7H3.